The number of hydrogen-bond acceptors (Lipinski definition) is 3. The van der Waals surface area contributed by atoms with Gasteiger partial charge in [-0.3, -0.25) is 0 Å². The fourth-order valence-electron chi connectivity index (χ4n) is 8.20. The molecule has 11 rings (SSSR count). The largest absolute Gasteiger partial charge is 0.208 e. The van der Waals surface area contributed by atoms with Gasteiger partial charge in [0, 0.05) is 16.7 Å². The Morgan fingerprint density at radius 1 is 0.231 bits per heavy atom. The molecule has 0 radical (unpaired) electrons. The van der Waals surface area contributed by atoms with Crippen molar-refractivity contribution in [2.75, 3.05) is 0 Å². The van der Waals surface area contributed by atoms with Gasteiger partial charge in [0.2, 0.25) is 0 Å². The molecule has 0 N–H and O–H groups in total. The first-order valence-corrected chi connectivity index (χ1v) is 17.7. The number of benzene rings is 9. The molecule has 1 aromatic heterocycles. The zero-order chi connectivity index (χ0) is 34.2. The first kappa shape index (κ1) is 28.8. The highest BCUT2D eigenvalue weighted by atomic mass is 15.0. The second kappa shape index (κ2) is 11.3. The summed E-state index contributed by atoms with van der Waals surface area (Å²) in [4.78, 5) is 14.8. The van der Waals surface area contributed by atoms with Crippen LogP contribution in [0.15, 0.2) is 176 Å². The van der Waals surface area contributed by atoms with Crippen LogP contribution in [-0.2, 0) is 0 Å². The van der Waals surface area contributed by atoms with Crippen molar-refractivity contribution in [3.63, 3.8) is 0 Å². The molecule has 0 bridgehead atoms. The van der Waals surface area contributed by atoms with Crippen molar-refractivity contribution >= 4 is 64.6 Å². The normalized spacial score (nSPS) is 11.8. The van der Waals surface area contributed by atoms with Crippen LogP contribution < -0.4 is 0 Å². The monoisotopic (exact) mass is 659 g/mol. The van der Waals surface area contributed by atoms with Gasteiger partial charge < -0.3 is 0 Å². The topological polar surface area (TPSA) is 38.7 Å². The first-order chi connectivity index (χ1) is 25.8. The molecule has 11 aromatic rings. The van der Waals surface area contributed by atoms with Crippen LogP contribution >= 0.6 is 0 Å². The van der Waals surface area contributed by atoms with Crippen LogP contribution in [0, 0.1) is 0 Å². The van der Waals surface area contributed by atoms with E-state index in [1.165, 1.54) is 70.2 Å². The molecule has 1 heterocycles. The van der Waals surface area contributed by atoms with Crippen LogP contribution in [0.2, 0.25) is 0 Å². The van der Waals surface area contributed by atoms with E-state index in [2.05, 4.69) is 115 Å². The molecule has 0 fully saturated rings. The Bertz CT molecular complexity index is 3090. The molecule has 10 aromatic carbocycles. The van der Waals surface area contributed by atoms with E-state index in [0.717, 1.165) is 22.3 Å². The number of fused-ring (bicyclic) bond motifs is 2. The summed E-state index contributed by atoms with van der Waals surface area (Å²) in [6.07, 6.45) is 0. The predicted octanol–water partition coefficient (Wildman–Crippen LogP) is 12.9. The smallest absolute Gasteiger partial charge is 0.164 e. The van der Waals surface area contributed by atoms with Crippen molar-refractivity contribution in [1.29, 1.82) is 0 Å². The highest BCUT2D eigenvalue weighted by molar-refractivity contribution is 6.37. The summed E-state index contributed by atoms with van der Waals surface area (Å²) in [6.45, 7) is 0. The minimum Gasteiger partial charge on any atom is -0.208 e. The van der Waals surface area contributed by atoms with Crippen molar-refractivity contribution in [2.45, 2.75) is 0 Å². The van der Waals surface area contributed by atoms with Crippen molar-refractivity contribution < 1.29 is 0 Å². The average molecular weight is 660 g/mol. The van der Waals surface area contributed by atoms with E-state index in [9.17, 15) is 0 Å². The van der Waals surface area contributed by atoms with Gasteiger partial charge in [0.05, 0.1) is 0 Å². The number of hydrogen-bond donors (Lipinski definition) is 0. The third-order valence-corrected chi connectivity index (χ3v) is 10.6. The zero-order valence-corrected chi connectivity index (χ0v) is 28.1. The molecule has 0 saturated heterocycles. The second-order valence-corrected chi connectivity index (χ2v) is 13.6. The van der Waals surface area contributed by atoms with E-state index in [-0.39, 0.29) is 0 Å². The summed E-state index contributed by atoms with van der Waals surface area (Å²) in [5.41, 5.74) is 5.18. The fraction of sp³-hybridized carbons (Fsp3) is 0. The fourth-order valence-corrected chi connectivity index (χ4v) is 8.20. The lowest BCUT2D eigenvalue weighted by Gasteiger charge is -2.17. The molecule has 0 saturated carbocycles. The average Bonchev–Trinajstić information content (AvgIpc) is 3.22. The molecule has 240 valence electrons. The molecule has 0 amide bonds. The summed E-state index contributed by atoms with van der Waals surface area (Å²) < 4.78 is 0. The minimum atomic E-state index is 0.651. The highest BCUT2D eigenvalue weighted by Gasteiger charge is 2.17. The van der Waals surface area contributed by atoms with Gasteiger partial charge >= 0.3 is 0 Å². The Morgan fingerprint density at radius 3 is 1.10 bits per heavy atom. The molecule has 0 aliphatic rings. The van der Waals surface area contributed by atoms with E-state index < -0.39 is 0 Å². The summed E-state index contributed by atoms with van der Waals surface area (Å²) >= 11 is 0. The molecule has 0 aliphatic heterocycles. The van der Waals surface area contributed by atoms with Crippen LogP contribution in [0.3, 0.4) is 0 Å². The molecule has 0 aliphatic carbocycles. The maximum absolute atomic E-state index is 4.96. The van der Waals surface area contributed by atoms with E-state index in [0.29, 0.717) is 17.5 Å². The molecule has 3 heteroatoms. The Labute approximate surface area is 299 Å². The third-order valence-electron chi connectivity index (χ3n) is 10.6. The molecular weight excluding hydrogens is 631 g/mol. The number of rotatable bonds is 4. The molecule has 0 atom stereocenters. The van der Waals surface area contributed by atoms with Crippen LogP contribution in [0.5, 0.6) is 0 Å². The van der Waals surface area contributed by atoms with Gasteiger partial charge in [-0.15, -0.1) is 0 Å². The lowest BCUT2D eigenvalue weighted by Crippen LogP contribution is -2.00. The van der Waals surface area contributed by atoms with Crippen LogP contribution in [0.25, 0.3) is 110 Å². The van der Waals surface area contributed by atoms with Gasteiger partial charge in [-0.25, -0.2) is 15.0 Å². The molecule has 52 heavy (non-hydrogen) atoms. The molecule has 3 nitrogen and oxygen atoms in total. The van der Waals surface area contributed by atoms with Gasteiger partial charge in [-0.2, -0.15) is 0 Å². The summed E-state index contributed by atoms with van der Waals surface area (Å²) in [5, 5.41) is 15.4. The van der Waals surface area contributed by atoms with Crippen molar-refractivity contribution in [3.8, 4) is 45.3 Å². The van der Waals surface area contributed by atoms with Gasteiger partial charge in [0.15, 0.2) is 17.5 Å². The summed E-state index contributed by atoms with van der Waals surface area (Å²) in [7, 11) is 0. The Hall–Kier alpha value is -6.97. The lowest BCUT2D eigenvalue weighted by molar-refractivity contribution is 1.07. The Balaban J connectivity index is 1.14. The van der Waals surface area contributed by atoms with Gasteiger partial charge in [-0.1, -0.05) is 164 Å². The van der Waals surface area contributed by atoms with Crippen LogP contribution in [0.4, 0.5) is 0 Å². The predicted molar refractivity (Wildman–Crippen MR) is 218 cm³/mol. The van der Waals surface area contributed by atoms with E-state index in [4.69, 9.17) is 15.0 Å². The maximum Gasteiger partial charge on any atom is 0.164 e. The molecule has 0 spiro atoms. The lowest BCUT2D eigenvalue weighted by atomic mass is 9.86. The summed E-state index contributed by atoms with van der Waals surface area (Å²) in [6, 6.07) is 63.0. The molecular formula is C49H29N3. The van der Waals surface area contributed by atoms with Crippen LogP contribution in [0.1, 0.15) is 0 Å². The Kier molecular flexibility index (Phi) is 6.25. The molecule has 0 unspecified atom stereocenters. The van der Waals surface area contributed by atoms with Crippen molar-refractivity contribution in [1.82, 2.24) is 15.0 Å². The number of nitrogens with zero attached hydrogens (tertiary/aromatic N) is 3. The standard InChI is InChI=1S/C49H29N3/c1-3-10-34(11-4-1)47-50-48(35-12-5-2-6-13-35)52-49(51-47)36-25-20-30(21-26-36)38-28-37-27-24-33-15-8-18-40-39-17-7-14-31-22-23-32-16-9-19-41(45(32)43(31)39)42(29-38)46(37)44(33)40/h1-29H. The van der Waals surface area contributed by atoms with Gasteiger partial charge in [-0.05, 0) is 87.9 Å². The summed E-state index contributed by atoms with van der Waals surface area (Å²) in [5.74, 6) is 1.97. The SMILES string of the molecule is c1ccc(-c2nc(-c3ccccc3)nc(-c3ccc(-c4cc5ccc6cccc7c8cccc9ccc%10cccc(c(c4)c5c67)c%10c98)cc3)n2)cc1. The third kappa shape index (κ3) is 4.43. The van der Waals surface area contributed by atoms with E-state index in [1.54, 1.807) is 0 Å². The van der Waals surface area contributed by atoms with Gasteiger partial charge in [0.1, 0.15) is 0 Å². The number of aromatic nitrogens is 3. The van der Waals surface area contributed by atoms with Crippen molar-refractivity contribution in [3.05, 3.63) is 176 Å². The van der Waals surface area contributed by atoms with Gasteiger partial charge in [0.25, 0.3) is 0 Å². The highest BCUT2D eigenvalue weighted by Crippen LogP contribution is 2.44. The van der Waals surface area contributed by atoms with E-state index in [1.807, 2.05) is 60.7 Å². The zero-order valence-electron chi connectivity index (χ0n) is 28.1. The first-order valence-electron chi connectivity index (χ1n) is 17.7. The quantitative estimate of drug-likeness (QED) is 0.177. The minimum absolute atomic E-state index is 0.651. The second-order valence-electron chi connectivity index (χ2n) is 13.6. The van der Waals surface area contributed by atoms with Crippen LogP contribution in [-0.4, -0.2) is 15.0 Å². The Morgan fingerprint density at radius 2 is 0.615 bits per heavy atom. The van der Waals surface area contributed by atoms with Crippen molar-refractivity contribution in [2.24, 2.45) is 0 Å². The maximum atomic E-state index is 4.96. The van der Waals surface area contributed by atoms with E-state index >= 15 is 0 Å².